The Labute approximate surface area is 236 Å². The lowest BCUT2D eigenvalue weighted by Gasteiger charge is -2.18. The third-order valence-corrected chi connectivity index (χ3v) is 8.28. The van der Waals surface area contributed by atoms with Crippen molar-refractivity contribution < 1.29 is 9.47 Å². The van der Waals surface area contributed by atoms with E-state index in [9.17, 15) is 4.79 Å². The molecule has 1 aliphatic heterocycles. The monoisotopic (exact) mass is 567 g/mol. The first-order valence-corrected chi connectivity index (χ1v) is 13.8. The maximum Gasteiger partial charge on any atom is 0.271 e. The van der Waals surface area contributed by atoms with Crippen LogP contribution in [0.1, 0.15) is 22.1 Å². The second-order valence-electron chi connectivity index (χ2n) is 9.11. The number of likely N-dealkylation sites (N-methyl/N-ethyl adjacent to an activating group) is 1. The molecule has 1 aliphatic rings. The van der Waals surface area contributed by atoms with Crippen molar-refractivity contribution in [3.05, 3.63) is 110 Å². The molecule has 1 unspecified atom stereocenters. The number of halogens is 2. The van der Waals surface area contributed by atoms with Crippen molar-refractivity contribution in [1.82, 2.24) is 14.5 Å². The molecule has 9 heteroatoms. The van der Waals surface area contributed by atoms with E-state index in [4.69, 9.17) is 32.7 Å². The van der Waals surface area contributed by atoms with Gasteiger partial charge in [-0.25, -0.2) is 4.98 Å². The van der Waals surface area contributed by atoms with E-state index in [2.05, 4.69) is 9.88 Å². The topological polar surface area (TPSA) is 56.6 Å². The molecule has 0 amide bonds. The summed E-state index contributed by atoms with van der Waals surface area (Å²) < 4.78 is 13.2. The maximum absolute atomic E-state index is 13.4. The summed E-state index contributed by atoms with van der Waals surface area (Å²) in [4.78, 5) is 20.8. The molecule has 0 aliphatic carbocycles. The minimum absolute atomic E-state index is 0.0870. The zero-order chi connectivity index (χ0) is 26.6. The Bertz CT molecular complexity index is 1480. The van der Waals surface area contributed by atoms with Gasteiger partial charge in [0.25, 0.3) is 5.56 Å². The summed E-state index contributed by atoms with van der Waals surface area (Å²) in [7, 11) is 3.63. The normalized spacial score (nSPS) is 14.5. The zero-order valence-electron chi connectivity index (χ0n) is 21.1. The first-order chi connectivity index (χ1) is 18.4. The Kier molecular flexibility index (Phi) is 8.29. The highest BCUT2D eigenvalue weighted by Crippen LogP contribution is 2.44. The van der Waals surface area contributed by atoms with Gasteiger partial charge in [0.05, 0.1) is 23.4 Å². The van der Waals surface area contributed by atoms with Crippen LogP contribution in [0.5, 0.6) is 11.5 Å². The fraction of sp³-hybridized carbons (Fsp3) is 0.241. The van der Waals surface area contributed by atoms with Gasteiger partial charge in [0.15, 0.2) is 11.5 Å². The summed E-state index contributed by atoms with van der Waals surface area (Å²) in [5.41, 5.74) is 3.72. The second-order valence-corrected chi connectivity index (χ2v) is 11.2. The number of rotatable bonds is 9. The van der Waals surface area contributed by atoms with Crippen molar-refractivity contribution in [2.45, 2.75) is 23.1 Å². The van der Waals surface area contributed by atoms with Gasteiger partial charge in [0, 0.05) is 40.9 Å². The van der Waals surface area contributed by atoms with Crippen LogP contribution < -0.4 is 15.0 Å². The summed E-state index contributed by atoms with van der Waals surface area (Å²) in [5.74, 6) is 1.18. The Morgan fingerprint density at radius 2 is 1.74 bits per heavy atom. The van der Waals surface area contributed by atoms with Crippen molar-refractivity contribution in [2.24, 2.45) is 0 Å². The van der Waals surface area contributed by atoms with Gasteiger partial charge in [-0.1, -0.05) is 47.5 Å². The number of fused-ring (bicyclic) bond motifs is 1. The van der Waals surface area contributed by atoms with Crippen LogP contribution in [0.15, 0.2) is 82.7 Å². The van der Waals surface area contributed by atoms with Crippen LogP contribution >= 0.6 is 35.0 Å². The number of nitrogens with zero attached hydrogens (tertiary/aromatic N) is 3. The molecule has 3 aromatic carbocycles. The van der Waals surface area contributed by atoms with Crippen molar-refractivity contribution in [3.8, 4) is 17.2 Å². The molecule has 196 valence electrons. The summed E-state index contributed by atoms with van der Waals surface area (Å²) >= 11 is 13.6. The average Bonchev–Trinajstić information content (AvgIpc) is 3.36. The summed E-state index contributed by atoms with van der Waals surface area (Å²) in [6, 6.07) is 21.1. The van der Waals surface area contributed by atoms with E-state index in [1.54, 1.807) is 35.8 Å². The van der Waals surface area contributed by atoms with Crippen LogP contribution in [0.2, 0.25) is 10.0 Å². The van der Waals surface area contributed by atoms with E-state index in [-0.39, 0.29) is 10.8 Å². The van der Waals surface area contributed by atoms with Crippen LogP contribution in [-0.4, -0.2) is 41.8 Å². The smallest absolute Gasteiger partial charge is 0.271 e. The van der Waals surface area contributed by atoms with E-state index in [1.807, 2.05) is 67.7 Å². The van der Waals surface area contributed by atoms with Gasteiger partial charge in [-0.3, -0.25) is 14.3 Å². The van der Waals surface area contributed by atoms with Crippen LogP contribution in [0, 0.1) is 0 Å². The van der Waals surface area contributed by atoms with Gasteiger partial charge < -0.3 is 9.47 Å². The molecule has 0 spiro atoms. The van der Waals surface area contributed by atoms with Crippen LogP contribution in [0.3, 0.4) is 0 Å². The Morgan fingerprint density at radius 3 is 2.45 bits per heavy atom. The van der Waals surface area contributed by atoms with Crippen LogP contribution in [0.25, 0.3) is 5.69 Å². The molecule has 0 radical (unpaired) electrons. The Morgan fingerprint density at radius 1 is 1.03 bits per heavy atom. The highest BCUT2D eigenvalue weighted by atomic mass is 35.5. The molecule has 1 atom stereocenters. The first kappa shape index (κ1) is 26.6. The lowest BCUT2D eigenvalue weighted by molar-refractivity contribution is 0.226. The number of hydrogen-bond donors (Lipinski definition) is 0. The molecule has 1 aromatic heterocycles. The molecule has 0 saturated heterocycles. The number of ether oxygens (including phenoxy) is 2. The largest absolute Gasteiger partial charge is 0.493 e. The van der Waals surface area contributed by atoms with Gasteiger partial charge in [-0.05, 0) is 54.6 Å². The molecular formula is C29H27Cl2N3O3S. The number of aromatic nitrogens is 2. The second kappa shape index (κ2) is 11.8. The lowest BCUT2D eigenvalue weighted by atomic mass is 10.1. The number of hydrogen-bond acceptors (Lipinski definition) is 6. The Balaban J connectivity index is 1.25. The molecule has 0 fully saturated rings. The molecule has 5 rings (SSSR count). The molecule has 38 heavy (non-hydrogen) atoms. The van der Waals surface area contributed by atoms with E-state index in [0.717, 1.165) is 29.4 Å². The van der Waals surface area contributed by atoms with Gasteiger partial charge in [0.1, 0.15) is 12.9 Å². The Hall–Kier alpha value is -2.97. The zero-order valence-corrected chi connectivity index (χ0v) is 23.4. The minimum atomic E-state index is -0.0870. The first-order valence-electron chi connectivity index (χ1n) is 12.2. The van der Waals surface area contributed by atoms with Crippen molar-refractivity contribution in [2.75, 3.05) is 27.3 Å². The predicted molar refractivity (Wildman–Crippen MR) is 153 cm³/mol. The van der Waals surface area contributed by atoms with Crippen molar-refractivity contribution in [3.63, 3.8) is 0 Å². The number of thioether (sulfide) groups is 1. The summed E-state index contributed by atoms with van der Waals surface area (Å²) in [6.07, 6.45) is 2.30. The van der Waals surface area contributed by atoms with Crippen molar-refractivity contribution in [1.29, 1.82) is 0 Å². The highest BCUT2D eigenvalue weighted by molar-refractivity contribution is 7.99. The predicted octanol–water partition coefficient (Wildman–Crippen LogP) is 6.45. The fourth-order valence-corrected chi connectivity index (χ4v) is 5.90. The maximum atomic E-state index is 13.4. The van der Waals surface area contributed by atoms with Gasteiger partial charge >= 0.3 is 0 Å². The average molecular weight is 569 g/mol. The van der Waals surface area contributed by atoms with Crippen LogP contribution in [-0.2, 0) is 13.0 Å². The van der Waals surface area contributed by atoms with Gasteiger partial charge in [-0.2, -0.15) is 0 Å². The molecular weight excluding hydrogens is 541 g/mol. The van der Waals surface area contributed by atoms with Gasteiger partial charge in [-0.15, -0.1) is 11.8 Å². The fourth-order valence-electron chi connectivity index (χ4n) is 4.36. The summed E-state index contributed by atoms with van der Waals surface area (Å²) in [5, 5.41) is 1.57. The van der Waals surface area contributed by atoms with E-state index < -0.39 is 0 Å². The molecule has 0 bridgehead atoms. The molecule has 2 heterocycles. The number of methoxy groups -OCH3 is 1. The minimum Gasteiger partial charge on any atom is -0.493 e. The molecule has 0 N–H and O–H groups in total. The van der Waals surface area contributed by atoms with Crippen molar-refractivity contribution >= 4 is 35.0 Å². The van der Waals surface area contributed by atoms with E-state index >= 15 is 0 Å². The summed E-state index contributed by atoms with van der Waals surface area (Å²) in [6.45, 7) is 2.01. The SMILES string of the molecule is COc1cc(-n2cnc3c(c2=O)SC(c2ccc(Cl)cc2)C3)ccc1OCCN(C)Cc1ccc(Cl)cc1. The molecule has 0 saturated carbocycles. The molecule has 6 nitrogen and oxygen atoms in total. The standard InChI is InChI=1S/C29H27Cl2N3O3S/c1-33(17-19-3-7-21(30)8-4-19)13-14-37-25-12-11-23(15-26(25)36-2)34-18-32-24-16-27(38-28(24)29(34)35)20-5-9-22(31)10-6-20/h3-12,15,18,27H,13-14,16-17H2,1-2H3. The third kappa shape index (κ3) is 6.02. The highest BCUT2D eigenvalue weighted by Gasteiger charge is 2.28. The number of benzene rings is 3. The quantitative estimate of drug-likeness (QED) is 0.232. The molecule has 4 aromatic rings. The van der Waals surface area contributed by atoms with E-state index in [1.165, 1.54) is 5.56 Å². The van der Waals surface area contributed by atoms with Crippen LogP contribution in [0.4, 0.5) is 0 Å². The van der Waals surface area contributed by atoms with Gasteiger partial charge in [0.2, 0.25) is 0 Å². The lowest BCUT2D eigenvalue weighted by Crippen LogP contribution is -2.24. The third-order valence-electron chi connectivity index (χ3n) is 6.41. The van der Waals surface area contributed by atoms with E-state index in [0.29, 0.717) is 40.1 Å².